The number of hydrogen-bond acceptors (Lipinski definition) is 2. The average molecular weight is 438 g/mol. The number of fused-ring (bicyclic) bond motifs is 1. The Kier molecular flexibility index (Phi) is 6.30. The lowest BCUT2D eigenvalue weighted by molar-refractivity contribution is 0.412. The summed E-state index contributed by atoms with van der Waals surface area (Å²) < 4.78 is 7.97. The molecule has 5 nitrogen and oxygen atoms in total. The van der Waals surface area contributed by atoms with Crippen LogP contribution in [0.2, 0.25) is 0 Å². The highest BCUT2D eigenvalue weighted by Gasteiger charge is 2.10. The van der Waals surface area contributed by atoms with Crippen LogP contribution in [0, 0.1) is 0 Å². The molecule has 0 bridgehead atoms. The molecule has 0 saturated carbocycles. The zero-order valence-electron chi connectivity index (χ0n) is 14.2. The van der Waals surface area contributed by atoms with Crippen LogP contribution in [-0.2, 0) is 20.1 Å². The standard InChI is InChI=1S/C18H22N4O.HI/c1-19-18(20-12-15-8-6-10-21(15)2)22(3)13-16-11-14-7-4-5-9-17(14)23-16;/h4-11H,12-13H2,1-3H3,(H,19,20);1H. The molecule has 128 valence electrons. The SMILES string of the molecule is CN=C(NCc1cccn1C)N(C)Cc1cc2ccccc2o1.I. The zero-order valence-corrected chi connectivity index (χ0v) is 16.5. The second-order valence-electron chi connectivity index (χ2n) is 5.62. The van der Waals surface area contributed by atoms with E-state index >= 15 is 0 Å². The van der Waals surface area contributed by atoms with Gasteiger partial charge in [-0.1, -0.05) is 18.2 Å². The van der Waals surface area contributed by atoms with E-state index in [2.05, 4.69) is 38.0 Å². The van der Waals surface area contributed by atoms with Gasteiger partial charge < -0.3 is 19.2 Å². The topological polar surface area (TPSA) is 45.7 Å². The van der Waals surface area contributed by atoms with E-state index in [1.807, 2.05) is 44.6 Å². The van der Waals surface area contributed by atoms with Gasteiger partial charge in [0.15, 0.2) is 5.96 Å². The van der Waals surface area contributed by atoms with Gasteiger partial charge >= 0.3 is 0 Å². The third kappa shape index (κ3) is 4.11. The van der Waals surface area contributed by atoms with Gasteiger partial charge in [0, 0.05) is 38.4 Å². The molecule has 0 radical (unpaired) electrons. The monoisotopic (exact) mass is 438 g/mol. The highest BCUT2D eigenvalue weighted by molar-refractivity contribution is 14.0. The summed E-state index contributed by atoms with van der Waals surface area (Å²) in [7, 11) is 5.84. The maximum absolute atomic E-state index is 5.87. The fourth-order valence-electron chi connectivity index (χ4n) is 2.66. The van der Waals surface area contributed by atoms with Crippen LogP contribution in [0.25, 0.3) is 11.0 Å². The van der Waals surface area contributed by atoms with Crippen LogP contribution in [0.4, 0.5) is 0 Å². The van der Waals surface area contributed by atoms with Crippen LogP contribution in [0.3, 0.4) is 0 Å². The van der Waals surface area contributed by atoms with Gasteiger partial charge in [-0.25, -0.2) is 0 Å². The van der Waals surface area contributed by atoms with Crippen molar-refractivity contribution < 1.29 is 4.42 Å². The van der Waals surface area contributed by atoms with Crippen LogP contribution < -0.4 is 5.32 Å². The van der Waals surface area contributed by atoms with Crippen molar-refractivity contribution in [3.63, 3.8) is 0 Å². The van der Waals surface area contributed by atoms with E-state index in [9.17, 15) is 0 Å². The Hall–Kier alpha value is -1.96. The molecule has 24 heavy (non-hydrogen) atoms. The van der Waals surface area contributed by atoms with Gasteiger partial charge in [-0.05, 0) is 24.3 Å². The third-order valence-corrected chi connectivity index (χ3v) is 3.92. The Morgan fingerprint density at radius 2 is 2.04 bits per heavy atom. The van der Waals surface area contributed by atoms with E-state index in [0.717, 1.165) is 29.2 Å². The zero-order chi connectivity index (χ0) is 16.2. The molecule has 0 aliphatic rings. The summed E-state index contributed by atoms with van der Waals surface area (Å²) in [4.78, 5) is 6.40. The van der Waals surface area contributed by atoms with Crippen molar-refractivity contribution in [3.05, 3.63) is 60.1 Å². The fraction of sp³-hybridized carbons (Fsp3) is 0.278. The predicted molar refractivity (Wildman–Crippen MR) is 109 cm³/mol. The Morgan fingerprint density at radius 3 is 2.71 bits per heavy atom. The summed E-state index contributed by atoms with van der Waals surface area (Å²) >= 11 is 0. The van der Waals surface area contributed by atoms with Crippen molar-refractivity contribution in [3.8, 4) is 0 Å². The molecule has 2 aromatic heterocycles. The third-order valence-electron chi connectivity index (χ3n) is 3.92. The quantitative estimate of drug-likeness (QED) is 0.385. The van der Waals surface area contributed by atoms with Crippen molar-refractivity contribution in [1.29, 1.82) is 0 Å². The normalized spacial score (nSPS) is 11.4. The highest BCUT2D eigenvalue weighted by atomic mass is 127. The predicted octanol–water partition coefficient (Wildman–Crippen LogP) is 3.60. The number of aromatic nitrogens is 1. The van der Waals surface area contributed by atoms with Crippen LogP contribution >= 0.6 is 24.0 Å². The number of halogens is 1. The molecule has 6 heteroatoms. The minimum Gasteiger partial charge on any atom is -0.459 e. The van der Waals surface area contributed by atoms with E-state index in [4.69, 9.17) is 4.42 Å². The molecular weight excluding hydrogens is 415 g/mol. The number of nitrogens with one attached hydrogen (secondary N) is 1. The number of aliphatic imine (C=N–C) groups is 1. The number of rotatable bonds is 4. The maximum Gasteiger partial charge on any atom is 0.194 e. The first kappa shape index (κ1) is 18.4. The number of aryl methyl sites for hydroxylation is 1. The van der Waals surface area contributed by atoms with Crippen LogP contribution in [-0.4, -0.2) is 29.5 Å². The first-order chi connectivity index (χ1) is 11.2. The number of furan rings is 1. The van der Waals surface area contributed by atoms with Gasteiger partial charge in [-0.2, -0.15) is 0 Å². The molecule has 0 spiro atoms. The molecule has 0 saturated heterocycles. The summed E-state index contributed by atoms with van der Waals surface area (Å²) in [5.74, 6) is 1.77. The molecule has 0 amide bonds. The van der Waals surface area contributed by atoms with Gasteiger partial charge in [-0.3, -0.25) is 4.99 Å². The smallest absolute Gasteiger partial charge is 0.194 e. The molecule has 3 aromatic rings. The highest BCUT2D eigenvalue weighted by Crippen LogP contribution is 2.19. The largest absolute Gasteiger partial charge is 0.459 e. The molecule has 0 aliphatic carbocycles. The first-order valence-corrected chi connectivity index (χ1v) is 7.67. The summed E-state index contributed by atoms with van der Waals surface area (Å²) in [5, 5.41) is 4.51. The van der Waals surface area contributed by atoms with Gasteiger partial charge in [0.2, 0.25) is 0 Å². The van der Waals surface area contributed by atoms with Crippen LogP contribution in [0.1, 0.15) is 11.5 Å². The molecule has 1 N–H and O–H groups in total. The average Bonchev–Trinajstić information content (AvgIpc) is 3.13. The number of hydrogen-bond donors (Lipinski definition) is 1. The Bertz CT molecular complexity index is 788. The fourth-order valence-corrected chi connectivity index (χ4v) is 2.66. The van der Waals surface area contributed by atoms with E-state index in [1.165, 1.54) is 5.69 Å². The van der Waals surface area contributed by atoms with Gasteiger partial charge in [0.05, 0.1) is 13.1 Å². The molecular formula is C18H23IN4O. The lowest BCUT2D eigenvalue weighted by Gasteiger charge is -2.21. The second-order valence-corrected chi connectivity index (χ2v) is 5.62. The molecule has 0 aliphatic heterocycles. The number of nitrogens with zero attached hydrogens (tertiary/aromatic N) is 3. The Morgan fingerprint density at radius 1 is 1.25 bits per heavy atom. The number of benzene rings is 1. The van der Waals surface area contributed by atoms with E-state index in [1.54, 1.807) is 7.05 Å². The van der Waals surface area contributed by atoms with E-state index in [-0.39, 0.29) is 24.0 Å². The minimum absolute atomic E-state index is 0. The first-order valence-electron chi connectivity index (χ1n) is 7.67. The Labute approximate surface area is 159 Å². The molecule has 0 unspecified atom stereocenters. The molecule has 2 heterocycles. The second kappa shape index (κ2) is 8.23. The van der Waals surface area contributed by atoms with Crippen molar-refractivity contribution in [1.82, 2.24) is 14.8 Å². The number of para-hydroxylation sites is 1. The summed E-state index contributed by atoms with van der Waals surface area (Å²) in [6, 6.07) is 14.3. The van der Waals surface area contributed by atoms with Gasteiger partial charge in [0.25, 0.3) is 0 Å². The molecule has 0 atom stereocenters. The Balaban J connectivity index is 0.00000208. The molecule has 0 fully saturated rings. The maximum atomic E-state index is 5.87. The van der Waals surface area contributed by atoms with Crippen molar-refractivity contribution in [2.24, 2.45) is 12.0 Å². The number of guanidine groups is 1. The molecule has 1 aromatic carbocycles. The van der Waals surface area contributed by atoms with Crippen LogP contribution in [0.5, 0.6) is 0 Å². The minimum atomic E-state index is 0. The summed E-state index contributed by atoms with van der Waals surface area (Å²) in [6.45, 7) is 1.40. The summed E-state index contributed by atoms with van der Waals surface area (Å²) in [6.07, 6.45) is 2.04. The van der Waals surface area contributed by atoms with E-state index in [0.29, 0.717) is 6.54 Å². The van der Waals surface area contributed by atoms with Crippen molar-refractivity contribution in [2.45, 2.75) is 13.1 Å². The van der Waals surface area contributed by atoms with Crippen LogP contribution in [0.15, 0.2) is 58.1 Å². The molecule has 3 rings (SSSR count). The van der Waals surface area contributed by atoms with Crippen molar-refractivity contribution in [2.75, 3.05) is 14.1 Å². The van der Waals surface area contributed by atoms with E-state index < -0.39 is 0 Å². The van der Waals surface area contributed by atoms with Gasteiger partial charge in [-0.15, -0.1) is 24.0 Å². The summed E-state index contributed by atoms with van der Waals surface area (Å²) in [5.41, 5.74) is 2.13. The van der Waals surface area contributed by atoms with Gasteiger partial charge in [0.1, 0.15) is 11.3 Å². The lowest BCUT2D eigenvalue weighted by atomic mass is 10.2. The lowest BCUT2D eigenvalue weighted by Crippen LogP contribution is -2.38. The van der Waals surface area contributed by atoms with Crippen molar-refractivity contribution >= 4 is 40.9 Å².